The summed E-state index contributed by atoms with van der Waals surface area (Å²) in [4.78, 5) is 36.1. The summed E-state index contributed by atoms with van der Waals surface area (Å²) in [6.45, 7) is 5.27. The van der Waals surface area contributed by atoms with Crippen molar-refractivity contribution in [2.45, 2.75) is 32.7 Å². The third-order valence-electron chi connectivity index (χ3n) is 7.92. The van der Waals surface area contributed by atoms with Crippen LogP contribution in [0.2, 0.25) is 0 Å². The zero-order valence-corrected chi connectivity index (χ0v) is 24.3. The van der Waals surface area contributed by atoms with Gasteiger partial charge in [0.2, 0.25) is 0 Å². The van der Waals surface area contributed by atoms with Crippen molar-refractivity contribution in [2.24, 2.45) is 12.0 Å². The van der Waals surface area contributed by atoms with Crippen molar-refractivity contribution in [3.8, 4) is 5.88 Å². The molecule has 1 aliphatic heterocycles. The first-order chi connectivity index (χ1) is 20.9. The van der Waals surface area contributed by atoms with Gasteiger partial charge in [-0.2, -0.15) is 5.10 Å². The molecular weight excluding hydrogens is 540 g/mol. The number of anilines is 1. The van der Waals surface area contributed by atoms with Crippen LogP contribution >= 0.6 is 0 Å². The fourth-order valence-corrected chi connectivity index (χ4v) is 5.55. The highest BCUT2D eigenvalue weighted by atomic mass is 16.3. The molecule has 0 bridgehead atoms. The standard InChI is InChI=1S/C34H34N6O3/c1-3-27-19-31(38-39(27)2)34(43)36-26-8-6-7-23(17-26)32(41)24-11-14-28-29(33(42)37-30(28)18-24)20-35-25-12-9-22(10-13-25)21-40-15-4-5-16-40/h6-14,17-20,37,42H,3-5,15-16,21H2,1-2H3,(H,36,43). The Bertz CT molecular complexity index is 1830. The molecule has 0 radical (unpaired) electrons. The Hall–Kier alpha value is -5.02. The minimum absolute atomic E-state index is 0.0144. The Morgan fingerprint density at radius 3 is 2.53 bits per heavy atom. The van der Waals surface area contributed by atoms with Gasteiger partial charge >= 0.3 is 0 Å². The van der Waals surface area contributed by atoms with Gasteiger partial charge in [0.15, 0.2) is 17.4 Å². The van der Waals surface area contributed by atoms with Crippen LogP contribution in [0.3, 0.4) is 0 Å². The van der Waals surface area contributed by atoms with Gasteiger partial charge in [0.25, 0.3) is 5.91 Å². The SMILES string of the molecule is CCc1cc(C(=O)Nc2cccc(C(=O)c3ccc4c(C=Nc5ccc(CN6CCCC6)cc5)c(O)[nH]c4c3)c2)nn1C. The number of hydrogen-bond donors (Lipinski definition) is 3. The number of fused-ring (bicyclic) bond motifs is 1. The molecule has 43 heavy (non-hydrogen) atoms. The van der Waals surface area contributed by atoms with Crippen molar-refractivity contribution in [1.29, 1.82) is 0 Å². The molecule has 0 atom stereocenters. The molecule has 9 heteroatoms. The van der Waals surface area contributed by atoms with E-state index in [9.17, 15) is 14.7 Å². The van der Waals surface area contributed by atoms with Crippen LogP contribution in [0.15, 0.2) is 77.8 Å². The van der Waals surface area contributed by atoms with Crippen LogP contribution < -0.4 is 5.32 Å². The molecule has 2 aromatic heterocycles. The van der Waals surface area contributed by atoms with E-state index in [0.29, 0.717) is 33.6 Å². The molecule has 0 unspecified atom stereocenters. The summed E-state index contributed by atoms with van der Waals surface area (Å²) < 4.78 is 1.69. The third-order valence-corrected chi connectivity index (χ3v) is 7.92. The maximum Gasteiger partial charge on any atom is 0.276 e. The molecule has 0 spiro atoms. The third kappa shape index (κ3) is 6.12. The number of amides is 1. The van der Waals surface area contributed by atoms with E-state index in [-0.39, 0.29) is 17.6 Å². The van der Waals surface area contributed by atoms with E-state index in [1.807, 2.05) is 19.1 Å². The quantitative estimate of drug-likeness (QED) is 0.148. The first-order valence-corrected chi connectivity index (χ1v) is 14.6. The summed E-state index contributed by atoms with van der Waals surface area (Å²) >= 11 is 0. The molecule has 218 valence electrons. The van der Waals surface area contributed by atoms with Gasteiger partial charge in [0.1, 0.15) is 0 Å². The molecule has 1 aliphatic rings. The monoisotopic (exact) mass is 574 g/mol. The van der Waals surface area contributed by atoms with E-state index >= 15 is 0 Å². The van der Waals surface area contributed by atoms with Crippen LogP contribution in [0, 0.1) is 0 Å². The number of aromatic amines is 1. The number of nitrogens with one attached hydrogen (secondary N) is 2. The van der Waals surface area contributed by atoms with Crippen LogP contribution in [0.4, 0.5) is 11.4 Å². The average molecular weight is 575 g/mol. The van der Waals surface area contributed by atoms with Crippen LogP contribution in [0.1, 0.15) is 63.0 Å². The molecule has 6 rings (SSSR count). The molecular formula is C34H34N6O3. The highest BCUT2D eigenvalue weighted by molar-refractivity contribution is 6.13. The highest BCUT2D eigenvalue weighted by Gasteiger charge is 2.17. The van der Waals surface area contributed by atoms with Crippen molar-refractivity contribution >= 4 is 40.2 Å². The number of benzene rings is 3. The molecule has 1 saturated heterocycles. The maximum absolute atomic E-state index is 13.4. The van der Waals surface area contributed by atoms with Gasteiger partial charge in [-0.15, -0.1) is 0 Å². The fraction of sp³-hybridized carbons (Fsp3) is 0.235. The minimum atomic E-state index is -0.338. The van der Waals surface area contributed by atoms with Gasteiger partial charge in [-0.05, 0) is 74.3 Å². The van der Waals surface area contributed by atoms with E-state index < -0.39 is 0 Å². The molecule has 5 aromatic rings. The lowest BCUT2D eigenvalue weighted by Crippen LogP contribution is -2.18. The first-order valence-electron chi connectivity index (χ1n) is 14.6. The van der Waals surface area contributed by atoms with Crippen LogP contribution in [0.5, 0.6) is 5.88 Å². The van der Waals surface area contributed by atoms with Crippen molar-refractivity contribution in [2.75, 3.05) is 18.4 Å². The number of likely N-dealkylation sites (tertiary alicyclic amines) is 1. The maximum atomic E-state index is 13.4. The van der Waals surface area contributed by atoms with Gasteiger partial charge in [0.05, 0.1) is 11.3 Å². The Morgan fingerprint density at radius 2 is 1.79 bits per heavy atom. The molecule has 3 heterocycles. The minimum Gasteiger partial charge on any atom is -0.494 e. The summed E-state index contributed by atoms with van der Waals surface area (Å²) in [6, 6.07) is 22.0. The Morgan fingerprint density at radius 1 is 1.02 bits per heavy atom. The Kier molecular flexibility index (Phi) is 7.89. The van der Waals surface area contributed by atoms with Crippen LogP contribution in [0.25, 0.3) is 10.9 Å². The van der Waals surface area contributed by atoms with Gasteiger partial charge in [0, 0.05) is 53.2 Å². The van der Waals surface area contributed by atoms with Gasteiger partial charge in [-0.3, -0.25) is 24.2 Å². The summed E-state index contributed by atoms with van der Waals surface area (Å²) in [5.74, 6) is -0.558. The number of ketones is 1. The summed E-state index contributed by atoms with van der Waals surface area (Å²) in [6.07, 6.45) is 4.95. The van der Waals surface area contributed by atoms with E-state index in [2.05, 4.69) is 37.4 Å². The average Bonchev–Trinajstić information content (AvgIpc) is 3.74. The second-order valence-corrected chi connectivity index (χ2v) is 10.9. The number of aromatic nitrogens is 3. The number of carbonyl (C=O) groups is 2. The molecule has 0 saturated carbocycles. The number of hydrogen-bond acceptors (Lipinski definition) is 6. The molecule has 9 nitrogen and oxygen atoms in total. The predicted molar refractivity (Wildman–Crippen MR) is 169 cm³/mol. The molecule has 1 amide bonds. The topological polar surface area (TPSA) is 116 Å². The number of rotatable bonds is 9. The second-order valence-electron chi connectivity index (χ2n) is 10.9. The number of aryl methyl sites for hydroxylation is 2. The molecule has 0 aliphatic carbocycles. The predicted octanol–water partition coefficient (Wildman–Crippen LogP) is 6.00. The van der Waals surface area contributed by atoms with Gasteiger partial charge in [-0.1, -0.05) is 43.3 Å². The molecule has 3 N–H and O–H groups in total. The molecule has 1 fully saturated rings. The van der Waals surface area contributed by atoms with Crippen molar-refractivity contribution in [3.05, 3.63) is 106 Å². The van der Waals surface area contributed by atoms with E-state index in [1.165, 1.54) is 18.4 Å². The van der Waals surface area contributed by atoms with E-state index in [0.717, 1.165) is 42.8 Å². The Balaban J connectivity index is 1.16. The second kappa shape index (κ2) is 12.1. The largest absolute Gasteiger partial charge is 0.494 e. The number of carbonyl (C=O) groups excluding carboxylic acids is 2. The summed E-state index contributed by atoms with van der Waals surface area (Å²) in [7, 11) is 1.81. The van der Waals surface area contributed by atoms with Gasteiger partial charge in [-0.25, -0.2) is 0 Å². The Labute approximate surface area is 249 Å². The lowest BCUT2D eigenvalue weighted by atomic mass is 10.0. The zero-order chi connectivity index (χ0) is 29.9. The van der Waals surface area contributed by atoms with Crippen molar-refractivity contribution < 1.29 is 14.7 Å². The first kappa shape index (κ1) is 28.1. The van der Waals surface area contributed by atoms with E-state index in [4.69, 9.17) is 0 Å². The zero-order valence-electron chi connectivity index (χ0n) is 24.3. The highest BCUT2D eigenvalue weighted by Crippen LogP contribution is 2.28. The van der Waals surface area contributed by atoms with Crippen LogP contribution in [-0.4, -0.2) is 55.8 Å². The van der Waals surface area contributed by atoms with Crippen molar-refractivity contribution in [1.82, 2.24) is 19.7 Å². The van der Waals surface area contributed by atoms with E-state index in [1.54, 1.807) is 66.5 Å². The summed E-state index contributed by atoms with van der Waals surface area (Å²) in [5, 5.41) is 18.5. The fourth-order valence-electron chi connectivity index (χ4n) is 5.55. The lowest BCUT2D eigenvalue weighted by Gasteiger charge is -2.14. The summed E-state index contributed by atoms with van der Waals surface area (Å²) in [5.41, 5.74) is 5.90. The molecule has 3 aromatic carbocycles. The number of aliphatic imine (C=N–C) groups is 1. The normalized spacial score (nSPS) is 13.7. The van der Waals surface area contributed by atoms with Gasteiger partial charge < -0.3 is 15.4 Å². The number of aromatic hydroxyl groups is 1. The lowest BCUT2D eigenvalue weighted by molar-refractivity contribution is 0.101. The van der Waals surface area contributed by atoms with Crippen molar-refractivity contribution in [3.63, 3.8) is 0 Å². The number of H-pyrrole nitrogens is 1. The number of nitrogens with zero attached hydrogens (tertiary/aromatic N) is 4. The smallest absolute Gasteiger partial charge is 0.276 e. The van der Waals surface area contributed by atoms with Crippen LogP contribution in [-0.2, 0) is 20.0 Å².